The molecule has 0 spiro atoms. The van der Waals surface area contributed by atoms with Gasteiger partial charge in [0.25, 0.3) is 0 Å². The molecule has 1 aliphatic carbocycles. The van der Waals surface area contributed by atoms with Crippen LogP contribution in [0.1, 0.15) is 32.1 Å². The van der Waals surface area contributed by atoms with Crippen LogP contribution in [0.25, 0.3) is 0 Å². The van der Waals surface area contributed by atoms with E-state index in [0.29, 0.717) is 11.8 Å². The topological polar surface area (TPSA) is 32.7 Å². The van der Waals surface area contributed by atoms with Crippen molar-refractivity contribution < 1.29 is 9.84 Å². The normalized spacial score (nSPS) is 30.0. The van der Waals surface area contributed by atoms with E-state index in [1.165, 1.54) is 32.1 Å². The molecule has 1 N–H and O–H groups in total. The van der Waals surface area contributed by atoms with Crippen LogP contribution in [-0.2, 0) is 4.74 Å². The molecular weight excluding hydrogens is 202 g/mol. The molecule has 94 valence electrons. The predicted octanol–water partition coefficient (Wildman–Crippen LogP) is 1.51. The first-order valence-electron chi connectivity index (χ1n) is 6.69. The molecule has 0 amide bonds. The van der Waals surface area contributed by atoms with E-state index in [0.717, 1.165) is 26.2 Å². The first-order valence-corrected chi connectivity index (χ1v) is 6.69. The van der Waals surface area contributed by atoms with Crippen molar-refractivity contribution in [3.8, 4) is 0 Å². The molecule has 2 rings (SSSR count). The standard InChI is InChI=1S/C13H25NO2/c1-16-10-11-6-7-14(8-11)9-13(15)12-4-2-3-5-12/h11-13,15H,2-10H2,1H3. The van der Waals surface area contributed by atoms with Crippen LogP contribution < -0.4 is 0 Å². The highest BCUT2D eigenvalue weighted by Crippen LogP contribution is 2.28. The van der Waals surface area contributed by atoms with Crippen molar-refractivity contribution in [1.29, 1.82) is 0 Å². The molecule has 1 saturated carbocycles. The number of aliphatic hydroxyl groups is 1. The maximum absolute atomic E-state index is 10.2. The summed E-state index contributed by atoms with van der Waals surface area (Å²) in [6.07, 6.45) is 6.23. The fourth-order valence-electron chi connectivity index (χ4n) is 3.21. The molecule has 1 heterocycles. The molecule has 16 heavy (non-hydrogen) atoms. The summed E-state index contributed by atoms with van der Waals surface area (Å²) in [6, 6.07) is 0. The molecule has 0 aromatic heterocycles. The summed E-state index contributed by atoms with van der Waals surface area (Å²) in [5.41, 5.74) is 0. The van der Waals surface area contributed by atoms with E-state index in [2.05, 4.69) is 4.90 Å². The average molecular weight is 227 g/mol. The Morgan fingerprint density at radius 2 is 2.06 bits per heavy atom. The maximum Gasteiger partial charge on any atom is 0.0695 e. The Labute approximate surface area is 98.8 Å². The van der Waals surface area contributed by atoms with Crippen molar-refractivity contribution in [1.82, 2.24) is 4.90 Å². The number of likely N-dealkylation sites (tertiary alicyclic amines) is 1. The first kappa shape index (κ1) is 12.3. The van der Waals surface area contributed by atoms with Crippen LogP contribution in [0.5, 0.6) is 0 Å². The van der Waals surface area contributed by atoms with Crippen LogP contribution >= 0.6 is 0 Å². The third-order valence-electron chi connectivity index (χ3n) is 4.16. The second kappa shape index (κ2) is 5.99. The lowest BCUT2D eigenvalue weighted by atomic mass is 10.0. The van der Waals surface area contributed by atoms with E-state index < -0.39 is 0 Å². The van der Waals surface area contributed by atoms with Crippen molar-refractivity contribution >= 4 is 0 Å². The van der Waals surface area contributed by atoms with Gasteiger partial charge in [-0.05, 0) is 37.6 Å². The lowest BCUT2D eigenvalue weighted by Gasteiger charge is -2.24. The van der Waals surface area contributed by atoms with Gasteiger partial charge in [0.05, 0.1) is 12.7 Å². The number of nitrogens with zero attached hydrogens (tertiary/aromatic N) is 1. The Morgan fingerprint density at radius 1 is 1.31 bits per heavy atom. The molecule has 2 aliphatic rings. The summed E-state index contributed by atoms with van der Waals surface area (Å²) < 4.78 is 5.19. The third-order valence-corrected chi connectivity index (χ3v) is 4.16. The fraction of sp³-hybridized carbons (Fsp3) is 1.00. The summed E-state index contributed by atoms with van der Waals surface area (Å²) in [5, 5.41) is 10.2. The van der Waals surface area contributed by atoms with Gasteiger partial charge >= 0.3 is 0 Å². The van der Waals surface area contributed by atoms with Gasteiger partial charge in [-0.15, -0.1) is 0 Å². The first-order chi connectivity index (χ1) is 7.79. The minimum Gasteiger partial charge on any atom is -0.392 e. The molecular formula is C13H25NO2. The van der Waals surface area contributed by atoms with Crippen molar-refractivity contribution in [3.63, 3.8) is 0 Å². The molecule has 3 heteroatoms. The Balaban J connectivity index is 1.69. The minimum absolute atomic E-state index is 0.0937. The highest BCUT2D eigenvalue weighted by atomic mass is 16.5. The van der Waals surface area contributed by atoms with Crippen LogP contribution in [0.15, 0.2) is 0 Å². The Kier molecular flexibility index (Phi) is 4.62. The number of hydrogen-bond donors (Lipinski definition) is 1. The smallest absolute Gasteiger partial charge is 0.0695 e. The molecule has 1 aliphatic heterocycles. The zero-order valence-electron chi connectivity index (χ0n) is 10.4. The van der Waals surface area contributed by atoms with Gasteiger partial charge in [-0.2, -0.15) is 0 Å². The highest BCUT2D eigenvalue weighted by Gasteiger charge is 2.28. The Hall–Kier alpha value is -0.120. The van der Waals surface area contributed by atoms with Crippen molar-refractivity contribution in [2.45, 2.75) is 38.2 Å². The highest BCUT2D eigenvalue weighted by molar-refractivity contribution is 4.81. The van der Waals surface area contributed by atoms with Gasteiger partial charge in [-0.1, -0.05) is 12.8 Å². The number of methoxy groups -OCH3 is 1. The summed E-state index contributed by atoms with van der Waals surface area (Å²) in [6.45, 7) is 4.00. The van der Waals surface area contributed by atoms with E-state index in [4.69, 9.17) is 4.74 Å². The van der Waals surface area contributed by atoms with Crippen LogP contribution in [0.4, 0.5) is 0 Å². The van der Waals surface area contributed by atoms with Crippen molar-refractivity contribution in [3.05, 3.63) is 0 Å². The van der Waals surface area contributed by atoms with E-state index >= 15 is 0 Å². The molecule has 0 bridgehead atoms. The van der Waals surface area contributed by atoms with Crippen molar-refractivity contribution in [2.24, 2.45) is 11.8 Å². The molecule has 2 fully saturated rings. The molecule has 1 saturated heterocycles. The summed E-state index contributed by atoms with van der Waals surface area (Å²) in [7, 11) is 1.77. The van der Waals surface area contributed by atoms with Gasteiger partial charge in [0.1, 0.15) is 0 Å². The van der Waals surface area contributed by atoms with E-state index in [1.54, 1.807) is 7.11 Å². The summed E-state index contributed by atoms with van der Waals surface area (Å²) in [5.74, 6) is 1.25. The predicted molar refractivity (Wildman–Crippen MR) is 64.4 cm³/mol. The Bertz CT molecular complexity index is 204. The zero-order chi connectivity index (χ0) is 11.4. The second-order valence-electron chi connectivity index (χ2n) is 5.48. The van der Waals surface area contributed by atoms with Crippen LogP contribution in [0.3, 0.4) is 0 Å². The second-order valence-corrected chi connectivity index (χ2v) is 5.48. The average Bonchev–Trinajstić information content (AvgIpc) is 2.89. The van der Waals surface area contributed by atoms with Gasteiger partial charge in [-0.25, -0.2) is 0 Å². The molecule has 2 unspecified atom stereocenters. The number of ether oxygens (including phenoxy) is 1. The summed E-state index contributed by atoms with van der Waals surface area (Å²) in [4.78, 5) is 2.41. The molecule has 0 aromatic rings. The molecule has 0 radical (unpaired) electrons. The minimum atomic E-state index is -0.0937. The van der Waals surface area contributed by atoms with Crippen LogP contribution in [0.2, 0.25) is 0 Å². The molecule has 0 aromatic carbocycles. The van der Waals surface area contributed by atoms with Gasteiger partial charge < -0.3 is 14.7 Å². The number of aliphatic hydroxyl groups excluding tert-OH is 1. The Morgan fingerprint density at radius 3 is 2.75 bits per heavy atom. The quantitative estimate of drug-likeness (QED) is 0.772. The maximum atomic E-state index is 10.2. The van der Waals surface area contributed by atoms with Crippen LogP contribution in [-0.4, -0.2) is 49.5 Å². The van der Waals surface area contributed by atoms with Crippen LogP contribution in [0, 0.1) is 11.8 Å². The van der Waals surface area contributed by atoms with E-state index in [9.17, 15) is 5.11 Å². The zero-order valence-corrected chi connectivity index (χ0v) is 10.4. The van der Waals surface area contributed by atoms with Gasteiger partial charge in [-0.3, -0.25) is 0 Å². The van der Waals surface area contributed by atoms with Gasteiger partial charge in [0.2, 0.25) is 0 Å². The van der Waals surface area contributed by atoms with Gasteiger partial charge in [0, 0.05) is 20.2 Å². The van der Waals surface area contributed by atoms with Crippen molar-refractivity contribution in [2.75, 3.05) is 33.4 Å². The largest absolute Gasteiger partial charge is 0.392 e. The lowest BCUT2D eigenvalue weighted by Crippen LogP contribution is -2.34. The number of hydrogen-bond acceptors (Lipinski definition) is 3. The third kappa shape index (κ3) is 3.19. The van der Waals surface area contributed by atoms with E-state index in [-0.39, 0.29) is 6.10 Å². The summed E-state index contributed by atoms with van der Waals surface area (Å²) >= 11 is 0. The fourth-order valence-corrected chi connectivity index (χ4v) is 3.21. The molecule has 2 atom stereocenters. The SMILES string of the molecule is COCC1CCN(CC(O)C2CCCC2)C1. The lowest BCUT2D eigenvalue weighted by molar-refractivity contribution is 0.0703. The van der Waals surface area contributed by atoms with Gasteiger partial charge in [0.15, 0.2) is 0 Å². The van der Waals surface area contributed by atoms with E-state index in [1.807, 2.05) is 0 Å². The monoisotopic (exact) mass is 227 g/mol. The number of β-amino-alcohol motifs (C(OH)–C–C–N with tert-alkyl or cyclic N) is 1. The number of rotatable bonds is 5. The molecule has 3 nitrogen and oxygen atoms in total.